The van der Waals surface area contributed by atoms with Gasteiger partial charge in [-0.3, -0.25) is 9.78 Å². The summed E-state index contributed by atoms with van der Waals surface area (Å²) in [6.45, 7) is 0.719. The van der Waals surface area contributed by atoms with Gasteiger partial charge in [0.1, 0.15) is 0 Å². The quantitative estimate of drug-likeness (QED) is 0.538. The zero-order valence-corrected chi connectivity index (χ0v) is 15.2. The fourth-order valence-electron chi connectivity index (χ4n) is 2.90. The number of para-hydroxylation sites is 1. The Kier molecular flexibility index (Phi) is 5.20. The summed E-state index contributed by atoms with van der Waals surface area (Å²) in [5, 5.41) is 7.02. The molecule has 6 nitrogen and oxygen atoms in total. The van der Waals surface area contributed by atoms with Gasteiger partial charge in [-0.25, -0.2) is 9.97 Å². The second-order valence-corrected chi connectivity index (χ2v) is 6.29. The number of fused-ring (bicyclic) bond motifs is 1. The minimum absolute atomic E-state index is 0.269. The molecule has 2 aromatic carbocycles. The predicted molar refractivity (Wildman–Crippen MR) is 110 cm³/mol. The van der Waals surface area contributed by atoms with Crippen LogP contribution in [0.2, 0.25) is 0 Å². The molecule has 0 radical (unpaired) electrons. The molecule has 0 saturated carbocycles. The van der Waals surface area contributed by atoms with Crippen LogP contribution in [0.1, 0.15) is 15.9 Å². The van der Waals surface area contributed by atoms with E-state index in [0.29, 0.717) is 17.2 Å². The molecular weight excluding hydrogens is 350 g/mol. The van der Waals surface area contributed by atoms with Crippen LogP contribution >= 0.6 is 0 Å². The van der Waals surface area contributed by atoms with Crippen molar-refractivity contribution in [2.45, 2.75) is 6.42 Å². The number of carbonyl (C=O) groups excluding carboxylic acids is 1. The minimum Gasteiger partial charge on any atom is -0.354 e. The summed E-state index contributed by atoms with van der Waals surface area (Å²) in [5.41, 5.74) is 3.04. The number of rotatable bonds is 6. The molecule has 6 heteroatoms. The molecule has 138 valence electrons. The molecule has 2 N–H and O–H groups in total. The largest absolute Gasteiger partial charge is 0.354 e. The van der Waals surface area contributed by atoms with Crippen molar-refractivity contribution in [3.63, 3.8) is 0 Å². The normalized spacial score (nSPS) is 10.6. The third-order valence-corrected chi connectivity index (χ3v) is 4.33. The summed E-state index contributed by atoms with van der Waals surface area (Å²) in [6, 6.07) is 19.7. The maximum Gasteiger partial charge on any atom is 0.258 e. The van der Waals surface area contributed by atoms with Gasteiger partial charge in [0.2, 0.25) is 5.95 Å². The number of amides is 1. The molecule has 2 heterocycles. The average molecular weight is 369 g/mol. The molecule has 4 aromatic rings. The molecule has 0 aliphatic carbocycles. The molecule has 0 saturated heterocycles. The molecule has 0 fully saturated rings. The number of nitrogens with zero attached hydrogens (tertiary/aromatic N) is 3. The summed E-state index contributed by atoms with van der Waals surface area (Å²) >= 11 is 0. The van der Waals surface area contributed by atoms with Crippen LogP contribution in [0.15, 0.2) is 79.3 Å². The number of nitrogens with one attached hydrogen (secondary N) is 2. The molecule has 4 rings (SSSR count). The first-order chi connectivity index (χ1) is 13.8. The molecule has 2 aromatic heterocycles. The summed E-state index contributed by atoms with van der Waals surface area (Å²) in [6.07, 6.45) is 5.62. The zero-order valence-electron chi connectivity index (χ0n) is 15.2. The van der Waals surface area contributed by atoms with Crippen LogP contribution in [0.5, 0.6) is 0 Å². The molecule has 0 aliphatic rings. The van der Waals surface area contributed by atoms with Gasteiger partial charge >= 0.3 is 0 Å². The van der Waals surface area contributed by atoms with Crippen LogP contribution in [0.3, 0.4) is 0 Å². The lowest BCUT2D eigenvalue weighted by molar-refractivity contribution is 0.102. The lowest BCUT2D eigenvalue weighted by Crippen LogP contribution is -2.14. The monoisotopic (exact) mass is 369 g/mol. The predicted octanol–water partition coefficient (Wildman–Crippen LogP) is 3.93. The topological polar surface area (TPSA) is 79.8 Å². The zero-order chi connectivity index (χ0) is 19.2. The third kappa shape index (κ3) is 4.12. The molecule has 0 unspecified atom stereocenters. The van der Waals surface area contributed by atoms with E-state index in [9.17, 15) is 4.79 Å². The van der Waals surface area contributed by atoms with Crippen LogP contribution < -0.4 is 10.6 Å². The van der Waals surface area contributed by atoms with Gasteiger partial charge in [0.05, 0.1) is 16.8 Å². The van der Waals surface area contributed by atoms with Gasteiger partial charge in [0, 0.05) is 30.5 Å². The van der Waals surface area contributed by atoms with Crippen molar-refractivity contribution in [2.24, 2.45) is 0 Å². The van der Waals surface area contributed by atoms with E-state index in [2.05, 4.69) is 37.7 Å². The standard InChI is InChI=1S/C22H19N5O/c28-21(27-19-10-4-8-17-9-5-12-23-20(17)19)18-14-25-22(26-15-18)24-13-11-16-6-2-1-3-7-16/h1-10,12,14-15H,11,13H2,(H,27,28)(H,24,25,26). The van der Waals surface area contributed by atoms with E-state index in [1.54, 1.807) is 6.20 Å². The van der Waals surface area contributed by atoms with Gasteiger partial charge in [0.15, 0.2) is 0 Å². The van der Waals surface area contributed by atoms with E-state index in [4.69, 9.17) is 0 Å². The summed E-state index contributed by atoms with van der Waals surface area (Å²) in [4.78, 5) is 25.3. The third-order valence-electron chi connectivity index (χ3n) is 4.33. The van der Waals surface area contributed by atoms with Gasteiger partial charge in [-0.2, -0.15) is 0 Å². The number of benzene rings is 2. The fraction of sp³-hybridized carbons (Fsp3) is 0.0909. The highest BCUT2D eigenvalue weighted by Crippen LogP contribution is 2.21. The Bertz CT molecular complexity index is 1080. The lowest BCUT2D eigenvalue weighted by atomic mass is 10.1. The highest BCUT2D eigenvalue weighted by molar-refractivity contribution is 6.08. The number of hydrogen-bond acceptors (Lipinski definition) is 5. The van der Waals surface area contributed by atoms with Crippen LogP contribution in [-0.2, 0) is 6.42 Å². The first kappa shape index (κ1) is 17.6. The van der Waals surface area contributed by atoms with E-state index in [1.165, 1.54) is 18.0 Å². The first-order valence-corrected chi connectivity index (χ1v) is 9.04. The number of pyridine rings is 1. The number of carbonyl (C=O) groups is 1. The Labute approximate surface area is 162 Å². The van der Waals surface area contributed by atoms with E-state index in [0.717, 1.165) is 23.9 Å². The summed E-state index contributed by atoms with van der Waals surface area (Å²) in [7, 11) is 0. The molecule has 0 aliphatic heterocycles. The average Bonchev–Trinajstić information content (AvgIpc) is 2.75. The summed E-state index contributed by atoms with van der Waals surface area (Å²) < 4.78 is 0. The Morgan fingerprint density at radius 2 is 1.64 bits per heavy atom. The second kappa shape index (κ2) is 8.26. The van der Waals surface area contributed by atoms with E-state index < -0.39 is 0 Å². The van der Waals surface area contributed by atoms with Crippen molar-refractivity contribution in [3.8, 4) is 0 Å². The van der Waals surface area contributed by atoms with Crippen molar-refractivity contribution in [1.29, 1.82) is 0 Å². The molecule has 0 atom stereocenters. The van der Waals surface area contributed by atoms with Crippen molar-refractivity contribution < 1.29 is 4.79 Å². The molecule has 28 heavy (non-hydrogen) atoms. The molecule has 0 spiro atoms. The fourth-order valence-corrected chi connectivity index (χ4v) is 2.90. The van der Waals surface area contributed by atoms with E-state index in [1.807, 2.05) is 48.5 Å². The van der Waals surface area contributed by atoms with Crippen molar-refractivity contribution in [1.82, 2.24) is 15.0 Å². The SMILES string of the molecule is O=C(Nc1cccc2cccnc12)c1cnc(NCCc2ccccc2)nc1. The highest BCUT2D eigenvalue weighted by Gasteiger charge is 2.10. The molecule has 0 bridgehead atoms. The van der Waals surface area contributed by atoms with Gasteiger partial charge in [0.25, 0.3) is 5.91 Å². The van der Waals surface area contributed by atoms with E-state index in [-0.39, 0.29) is 5.91 Å². The maximum absolute atomic E-state index is 12.5. The first-order valence-electron chi connectivity index (χ1n) is 9.04. The Balaban J connectivity index is 1.38. The van der Waals surface area contributed by atoms with Gasteiger partial charge < -0.3 is 10.6 Å². The highest BCUT2D eigenvalue weighted by atomic mass is 16.1. The minimum atomic E-state index is -0.269. The maximum atomic E-state index is 12.5. The second-order valence-electron chi connectivity index (χ2n) is 6.29. The van der Waals surface area contributed by atoms with Crippen LogP contribution in [0, 0.1) is 0 Å². The number of hydrogen-bond donors (Lipinski definition) is 2. The summed E-state index contributed by atoms with van der Waals surface area (Å²) in [5.74, 6) is 0.230. The van der Waals surface area contributed by atoms with Crippen molar-refractivity contribution >= 4 is 28.4 Å². The van der Waals surface area contributed by atoms with Crippen LogP contribution in [0.4, 0.5) is 11.6 Å². The van der Waals surface area contributed by atoms with Gasteiger partial charge in [-0.1, -0.05) is 48.5 Å². The van der Waals surface area contributed by atoms with Crippen molar-refractivity contribution in [2.75, 3.05) is 17.2 Å². The van der Waals surface area contributed by atoms with E-state index >= 15 is 0 Å². The van der Waals surface area contributed by atoms with Crippen molar-refractivity contribution in [3.05, 3.63) is 90.4 Å². The molecule has 1 amide bonds. The Hall–Kier alpha value is -3.80. The van der Waals surface area contributed by atoms with Crippen LogP contribution in [0.25, 0.3) is 10.9 Å². The number of anilines is 2. The number of aromatic nitrogens is 3. The van der Waals surface area contributed by atoms with Crippen LogP contribution in [-0.4, -0.2) is 27.4 Å². The Morgan fingerprint density at radius 3 is 2.46 bits per heavy atom. The lowest BCUT2D eigenvalue weighted by Gasteiger charge is -2.08. The Morgan fingerprint density at radius 1 is 0.857 bits per heavy atom. The van der Waals surface area contributed by atoms with Gasteiger partial charge in [-0.05, 0) is 24.1 Å². The smallest absolute Gasteiger partial charge is 0.258 e. The molecular formula is C22H19N5O. The van der Waals surface area contributed by atoms with Gasteiger partial charge in [-0.15, -0.1) is 0 Å².